The van der Waals surface area contributed by atoms with Gasteiger partial charge < -0.3 is 25.3 Å². The van der Waals surface area contributed by atoms with Gasteiger partial charge in [0.2, 0.25) is 5.95 Å². The van der Waals surface area contributed by atoms with Crippen LogP contribution in [0.15, 0.2) is 12.3 Å². The van der Waals surface area contributed by atoms with E-state index in [-0.39, 0.29) is 12.5 Å². The molecule has 0 spiro atoms. The van der Waals surface area contributed by atoms with Crippen LogP contribution in [0.3, 0.4) is 0 Å². The Morgan fingerprint density at radius 3 is 2.58 bits per heavy atom. The van der Waals surface area contributed by atoms with Gasteiger partial charge in [0.05, 0.1) is 0 Å². The van der Waals surface area contributed by atoms with E-state index in [9.17, 15) is 10.2 Å². The highest BCUT2D eigenvalue weighted by Gasteiger charge is 2.35. The third-order valence-electron chi connectivity index (χ3n) is 5.45. The van der Waals surface area contributed by atoms with E-state index in [2.05, 4.69) is 25.1 Å². The Morgan fingerprint density at radius 1 is 1.17 bits per heavy atom. The lowest BCUT2D eigenvalue weighted by Gasteiger charge is -2.33. The first-order valence-corrected chi connectivity index (χ1v) is 8.93. The van der Waals surface area contributed by atoms with Gasteiger partial charge >= 0.3 is 0 Å². The summed E-state index contributed by atoms with van der Waals surface area (Å²) < 4.78 is 0. The van der Waals surface area contributed by atoms with E-state index in [1.165, 1.54) is 0 Å². The minimum atomic E-state index is 0.208. The molecular formula is C17H29N5O2. The molecule has 7 heteroatoms. The summed E-state index contributed by atoms with van der Waals surface area (Å²) >= 11 is 0. The Kier molecular flexibility index (Phi) is 5.86. The summed E-state index contributed by atoms with van der Waals surface area (Å²) in [6, 6.07) is 1.85. The van der Waals surface area contributed by atoms with E-state index in [0.29, 0.717) is 18.4 Å². The number of aromatic nitrogens is 2. The number of likely N-dealkylation sites (tertiary alicyclic amines) is 1. The Balaban J connectivity index is 1.60. The molecule has 24 heavy (non-hydrogen) atoms. The molecule has 2 fully saturated rings. The second-order valence-corrected chi connectivity index (χ2v) is 7.03. The SMILES string of the molecule is CNc1ccnc(N2C[C@@H](CN3CCC(CO)CC3)[C@@H](CO)C2)n1. The standard InChI is InChI=1S/C17H29N5O2/c1-18-16-2-5-19-17(20-16)22-9-14(15(10-22)12-24)8-21-6-3-13(11-23)4-7-21/h2,5,13-15,23-24H,3-4,6-12H2,1H3,(H,18,19,20)/t14-,15-/m1/s1. The Labute approximate surface area is 143 Å². The summed E-state index contributed by atoms with van der Waals surface area (Å²) in [6.07, 6.45) is 3.92. The summed E-state index contributed by atoms with van der Waals surface area (Å²) in [5.74, 6) is 2.72. The van der Waals surface area contributed by atoms with E-state index in [1.807, 2.05) is 13.1 Å². The molecule has 7 nitrogen and oxygen atoms in total. The molecule has 0 aromatic carbocycles. The van der Waals surface area contributed by atoms with E-state index in [0.717, 1.165) is 57.3 Å². The average molecular weight is 335 g/mol. The van der Waals surface area contributed by atoms with Crippen LogP contribution in [0.2, 0.25) is 0 Å². The molecule has 1 aromatic heterocycles. The minimum Gasteiger partial charge on any atom is -0.396 e. The van der Waals surface area contributed by atoms with Crippen molar-refractivity contribution in [2.24, 2.45) is 17.8 Å². The summed E-state index contributed by atoms with van der Waals surface area (Å²) in [5.41, 5.74) is 0. The van der Waals surface area contributed by atoms with Gasteiger partial charge in [-0.1, -0.05) is 0 Å². The highest BCUT2D eigenvalue weighted by atomic mass is 16.3. The van der Waals surface area contributed by atoms with Crippen molar-refractivity contribution in [1.29, 1.82) is 0 Å². The predicted molar refractivity (Wildman–Crippen MR) is 94.1 cm³/mol. The lowest BCUT2D eigenvalue weighted by Crippen LogP contribution is -2.40. The van der Waals surface area contributed by atoms with Crippen LogP contribution in [0.4, 0.5) is 11.8 Å². The van der Waals surface area contributed by atoms with Gasteiger partial charge in [-0.2, -0.15) is 4.98 Å². The number of rotatable bonds is 6. The fourth-order valence-corrected chi connectivity index (χ4v) is 3.84. The minimum absolute atomic E-state index is 0.208. The van der Waals surface area contributed by atoms with Crippen LogP contribution < -0.4 is 10.2 Å². The molecule has 0 amide bonds. The van der Waals surface area contributed by atoms with Gasteiger partial charge in [0.15, 0.2) is 0 Å². The second kappa shape index (κ2) is 8.09. The van der Waals surface area contributed by atoms with E-state index < -0.39 is 0 Å². The molecule has 3 heterocycles. The van der Waals surface area contributed by atoms with Gasteiger partial charge in [0.1, 0.15) is 5.82 Å². The molecule has 0 unspecified atom stereocenters. The van der Waals surface area contributed by atoms with E-state index >= 15 is 0 Å². The maximum absolute atomic E-state index is 9.78. The summed E-state index contributed by atoms with van der Waals surface area (Å²) in [7, 11) is 1.85. The van der Waals surface area contributed by atoms with Crippen LogP contribution in [0.25, 0.3) is 0 Å². The molecule has 3 N–H and O–H groups in total. The van der Waals surface area contributed by atoms with Gasteiger partial charge in [-0.3, -0.25) is 0 Å². The largest absolute Gasteiger partial charge is 0.396 e. The molecule has 0 saturated carbocycles. The topological polar surface area (TPSA) is 84.8 Å². The molecule has 0 aliphatic carbocycles. The summed E-state index contributed by atoms with van der Waals surface area (Å²) in [5, 5.41) is 22.1. The maximum atomic E-state index is 9.78. The van der Waals surface area contributed by atoms with Crippen LogP contribution >= 0.6 is 0 Å². The van der Waals surface area contributed by atoms with Gasteiger partial charge in [-0.05, 0) is 43.8 Å². The quantitative estimate of drug-likeness (QED) is 0.688. The molecule has 3 rings (SSSR count). The maximum Gasteiger partial charge on any atom is 0.227 e. The molecule has 0 radical (unpaired) electrons. The second-order valence-electron chi connectivity index (χ2n) is 7.03. The number of aliphatic hydroxyl groups is 2. The highest BCUT2D eigenvalue weighted by Crippen LogP contribution is 2.28. The molecule has 1 aromatic rings. The molecule has 2 aliphatic rings. The van der Waals surface area contributed by atoms with Crippen molar-refractivity contribution in [2.45, 2.75) is 12.8 Å². The Bertz CT molecular complexity index is 521. The smallest absolute Gasteiger partial charge is 0.227 e. The summed E-state index contributed by atoms with van der Waals surface area (Å²) in [6.45, 7) is 5.31. The number of piperidine rings is 1. The first-order chi connectivity index (χ1) is 11.7. The Hall–Kier alpha value is -1.44. The lowest BCUT2D eigenvalue weighted by atomic mass is 9.93. The fourth-order valence-electron chi connectivity index (χ4n) is 3.84. The van der Waals surface area contributed by atoms with Crippen LogP contribution in [0.5, 0.6) is 0 Å². The van der Waals surface area contributed by atoms with Crippen molar-refractivity contribution in [1.82, 2.24) is 14.9 Å². The van der Waals surface area contributed by atoms with Crippen LogP contribution in [-0.2, 0) is 0 Å². The highest BCUT2D eigenvalue weighted by molar-refractivity contribution is 5.41. The fraction of sp³-hybridized carbons (Fsp3) is 0.765. The number of anilines is 2. The number of nitrogens with zero attached hydrogens (tertiary/aromatic N) is 4. The monoisotopic (exact) mass is 335 g/mol. The predicted octanol–water partition coefficient (Wildman–Crippen LogP) is 0.267. The molecule has 2 atom stereocenters. The van der Waals surface area contributed by atoms with Crippen molar-refractivity contribution < 1.29 is 10.2 Å². The average Bonchev–Trinajstić information content (AvgIpc) is 3.05. The van der Waals surface area contributed by atoms with Crippen LogP contribution in [0.1, 0.15) is 12.8 Å². The van der Waals surface area contributed by atoms with Gasteiger partial charge in [-0.15, -0.1) is 0 Å². The first-order valence-electron chi connectivity index (χ1n) is 8.93. The van der Waals surface area contributed by atoms with Crippen LogP contribution in [0, 0.1) is 17.8 Å². The lowest BCUT2D eigenvalue weighted by molar-refractivity contribution is 0.106. The van der Waals surface area contributed by atoms with E-state index in [1.54, 1.807) is 6.20 Å². The van der Waals surface area contributed by atoms with Gasteiger partial charge in [0.25, 0.3) is 0 Å². The van der Waals surface area contributed by atoms with Crippen molar-refractivity contribution in [3.05, 3.63) is 12.3 Å². The normalized spacial score (nSPS) is 26.0. The molecule has 134 valence electrons. The number of aliphatic hydroxyl groups excluding tert-OH is 2. The zero-order valence-corrected chi connectivity index (χ0v) is 14.4. The number of hydrogen-bond donors (Lipinski definition) is 3. The number of hydrogen-bond acceptors (Lipinski definition) is 7. The van der Waals surface area contributed by atoms with Gasteiger partial charge in [0, 0.05) is 52.0 Å². The summed E-state index contributed by atoms with van der Waals surface area (Å²) in [4.78, 5) is 13.6. The molecule has 2 saturated heterocycles. The Morgan fingerprint density at radius 2 is 1.92 bits per heavy atom. The van der Waals surface area contributed by atoms with Crippen molar-refractivity contribution >= 4 is 11.8 Å². The van der Waals surface area contributed by atoms with Crippen molar-refractivity contribution in [3.8, 4) is 0 Å². The van der Waals surface area contributed by atoms with E-state index in [4.69, 9.17) is 0 Å². The van der Waals surface area contributed by atoms with Crippen LogP contribution in [-0.4, -0.2) is 78.1 Å². The van der Waals surface area contributed by atoms with Crippen molar-refractivity contribution in [3.63, 3.8) is 0 Å². The molecule has 0 bridgehead atoms. The first kappa shape index (κ1) is 17.4. The van der Waals surface area contributed by atoms with Crippen molar-refractivity contribution in [2.75, 3.05) is 63.2 Å². The number of nitrogens with one attached hydrogen (secondary N) is 1. The molecule has 2 aliphatic heterocycles. The zero-order chi connectivity index (χ0) is 16.9. The zero-order valence-electron chi connectivity index (χ0n) is 14.4. The molecular weight excluding hydrogens is 306 g/mol. The third kappa shape index (κ3) is 3.96. The third-order valence-corrected chi connectivity index (χ3v) is 5.45. The van der Waals surface area contributed by atoms with Gasteiger partial charge in [-0.25, -0.2) is 4.98 Å².